The normalized spacial score (nSPS) is 21.6. The third kappa shape index (κ3) is 0.838. The Hall–Kier alpha value is -0.700. The van der Waals surface area contributed by atoms with Crippen molar-refractivity contribution < 1.29 is 0 Å². The predicted molar refractivity (Wildman–Crippen MR) is 28.3 cm³/mol. The van der Waals surface area contributed by atoms with Crippen molar-refractivity contribution in [3.63, 3.8) is 0 Å². The summed E-state index contributed by atoms with van der Waals surface area (Å²) in [6.45, 7) is 0.778. The van der Waals surface area contributed by atoms with E-state index in [-0.39, 0.29) is 0 Å². The Bertz CT molecular complexity index is 97.1. The molecule has 0 aliphatic carbocycles. The molecule has 0 amide bonds. The number of hydrogen-bond donors (Lipinski definition) is 1. The Morgan fingerprint density at radius 1 is 2.00 bits per heavy atom. The molecule has 0 spiro atoms. The summed E-state index contributed by atoms with van der Waals surface area (Å²) in [4.78, 5) is 0. The van der Waals surface area contributed by atoms with Gasteiger partial charge < -0.3 is 16.2 Å². The molecule has 0 saturated carbocycles. The van der Waals surface area contributed by atoms with Crippen LogP contribution in [0.5, 0.6) is 0 Å². The highest BCUT2D eigenvalue weighted by atomic mass is 15.5. The molecule has 7 heavy (non-hydrogen) atoms. The Morgan fingerprint density at radius 2 is 2.71 bits per heavy atom. The van der Waals surface area contributed by atoms with Crippen LogP contribution in [0.1, 0.15) is 0 Å². The van der Waals surface area contributed by atoms with Crippen molar-refractivity contribution in [1.82, 2.24) is 5.01 Å². The van der Waals surface area contributed by atoms with E-state index in [9.17, 15) is 0 Å². The lowest BCUT2D eigenvalue weighted by molar-refractivity contribution is 0.493. The standard InChI is InChI=1S/C4H8N3/c1-7-3-4(5)2-6-7/h2H,3,5H2,1H3/q-1. The van der Waals surface area contributed by atoms with Crippen molar-refractivity contribution >= 4 is 0 Å². The fraction of sp³-hybridized carbons (Fsp3) is 0.500. The molecule has 0 bridgehead atoms. The molecular weight excluding hydrogens is 90.1 g/mol. The number of nitrogens with two attached hydrogens (primary N) is 1. The van der Waals surface area contributed by atoms with Crippen LogP contribution in [-0.4, -0.2) is 18.6 Å². The highest BCUT2D eigenvalue weighted by Crippen LogP contribution is 2.07. The van der Waals surface area contributed by atoms with Crippen molar-refractivity contribution in [2.45, 2.75) is 0 Å². The van der Waals surface area contributed by atoms with Gasteiger partial charge in [-0.25, -0.2) is 0 Å². The highest BCUT2D eigenvalue weighted by Gasteiger charge is 1.91. The summed E-state index contributed by atoms with van der Waals surface area (Å²) < 4.78 is 0. The third-order valence-electron chi connectivity index (χ3n) is 0.832. The zero-order chi connectivity index (χ0) is 5.28. The molecule has 40 valence electrons. The predicted octanol–water partition coefficient (Wildman–Crippen LogP) is 0.0206. The Kier molecular flexibility index (Phi) is 0.906. The van der Waals surface area contributed by atoms with Gasteiger partial charge in [0.1, 0.15) is 0 Å². The summed E-state index contributed by atoms with van der Waals surface area (Å²) >= 11 is 0. The fourth-order valence-corrected chi connectivity index (χ4v) is 0.519. The van der Waals surface area contributed by atoms with Crippen molar-refractivity contribution in [1.29, 1.82) is 0 Å². The average molecular weight is 98.1 g/mol. The summed E-state index contributed by atoms with van der Waals surface area (Å²) in [6.07, 6.45) is 1.67. The van der Waals surface area contributed by atoms with Crippen molar-refractivity contribution in [3.05, 3.63) is 17.3 Å². The maximum Gasteiger partial charge on any atom is 0.0222 e. The lowest BCUT2D eigenvalue weighted by atomic mass is 10.5. The largest absolute Gasteiger partial charge is 0.625 e. The molecule has 3 nitrogen and oxygen atoms in total. The first-order valence-corrected chi connectivity index (χ1v) is 2.15. The second-order valence-electron chi connectivity index (χ2n) is 1.64. The van der Waals surface area contributed by atoms with Gasteiger partial charge in [-0.3, -0.25) is 0 Å². The fourth-order valence-electron chi connectivity index (χ4n) is 0.519. The van der Waals surface area contributed by atoms with Crippen LogP contribution >= 0.6 is 0 Å². The third-order valence-corrected chi connectivity index (χ3v) is 0.832. The molecule has 0 atom stereocenters. The van der Waals surface area contributed by atoms with Gasteiger partial charge >= 0.3 is 0 Å². The molecule has 1 heterocycles. The minimum Gasteiger partial charge on any atom is -0.625 e. The minimum absolute atomic E-state index is 0.778. The number of nitrogens with zero attached hydrogens (tertiary/aromatic N) is 2. The Balaban J connectivity index is 2.42. The molecule has 1 rings (SSSR count). The minimum atomic E-state index is 0.778. The summed E-state index contributed by atoms with van der Waals surface area (Å²) in [7, 11) is 1.89. The van der Waals surface area contributed by atoms with Gasteiger partial charge in [0.05, 0.1) is 0 Å². The summed E-state index contributed by atoms with van der Waals surface area (Å²) in [5, 5.41) is 1.79. The first kappa shape index (κ1) is 4.46. The second kappa shape index (κ2) is 1.42. The molecular formula is C4H8N3-. The zero-order valence-electron chi connectivity index (χ0n) is 4.26. The summed E-state index contributed by atoms with van der Waals surface area (Å²) in [6, 6.07) is 0. The SMILES string of the molecule is CN1CC(N)=C[N-]1. The van der Waals surface area contributed by atoms with E-state index in [2.05, 4.69) is 5.43 Å². The maximum absolute atomic E-state index is 5.35. The van der Waals surface area contributed by atoms with E-state index in [1.165, 1.54) is 0 Å². The van der Waals surface area contributed by atoms with Gasteiger partial charge in [0, 0.05) is 6.54 Å². The molecule has 2 N–H and O–H groups in total. The Labute approximate surface area is 42.8 Å². The molecule has 0 fully saturated rings. The van der Waals surface area contributed by atoms with Gasteiger partial charge in [0.15, 0.2) is 0 Å². The van der Waals surface area contributed by atoms with Gasteiger partial charge in [-0.2, -0.15) is 0 Å². The van der Waals surface area contributed by atoms with Crippen LogP contribution in [0, 0.1) is 0 Å². The second-order valence-corrected chi connectivity index (χ2v) is 1.64. The molecule has 0 aromatic carbocycles. The quantitative estimate of drug-likeness (QED) is 0.464. The molecule has 3 heteroatoms. The lowest BCUT2D eigenvalue weighted by Crippen LogP contribution is -2.11. The highest BCUT2D eigenvalue weighted by molar-refractivity contribution is 5.14. The van der Waals surface area contributed by atoms with E-state index in [4.69, 9.17) is 5.73 Å². The molecule has 1 aliphatic rings. The summed E-state index contributed by atoms with van der Waals surface area (Å²) in [5.74, 6) is 0. The van der Waals surface area contributed by atoms with Crippen molar-refractivity contribution in [2.24, 2.45) is 5.73 Å². The van der Waals surface area contributed by atoms with E-state index in [1.54, 1.807) is 11.2 Å². The molecule has 0 unspecified atom stereocenters. The molecule has 1 aliphatic heterocycles. The van der Waals surface area contributed by atoms with Crippen molar-refractivity contribution in [2.75, 3.05) is 13.6 Å². The first-order valence-electron chi connectivity index (χ1n) is 2.15. The number of rotatable bonds is 0. The van der Waals surface area contributed by atoms with Crippen LogP contribution in [0.25, 0.3) is 5.43 Å². The van der Waals surface area contributed by atoms with Crippen LogP contribution < -0.4 is 5.73 Å². The zero-order valence-corrected chi connectivity index (χ0v) is 4.26. The van der Waals surface area contributed by atoms with Crippen LogP contribution in [0.3, 0.4) is 0 Å². The van der Waals surface area contributed by atoms with Crippen LogP contribution in [0.4, 0.5) is 0 Å². The number of likely N-dealkylation sites (N-methyl/N-ethyl adjacent to an activating group) is 1. The lowest BCUT2D eigenvalue weighted by Gasteiger charge is -2.21. The molecule has 0 saturated heterocycles. The molecule has 0 radical (unpaired) electrons. The number of hydrogen-bond acceptors (Lipinski definition) is 2. The average Bonchev–Trinajstić information content (AvgIpc) is 1.87. The van der Waals surface area contributed by atoms with Crippen molar-refractivity contribution in [3.8, 4) is 0 Å². The van der Waals surface area contributed by atoms with Crippen LogP contribution in [0.2, 0.25) is 0 Å². The van der Waals surface area contributed by atoms with Gasteiger partial charge in [-0.15, -0.1) is 6.20 Å². The Morgan fingerprint density at radius 3 is 2.86 bits per heavy atom. The van der Waals surface area contributed by atoms with Gasteiger partial charge in [0.25, 0.3) is 0 Å². The van der Waals surface area contributed by atoms with E-state index in [1.807, 2.05) is 7.05 Å². The van der Waals surface area contributed by atoms with Gasteiger partial charge in [-0.05, 0) is 12.7 Å². The van der Waals surface area contributed by atoms with Crippen LogP contribution in [0.15, 0.2) is 11.9 Å². The molecule has 0 aromatic heterocycles. The topological polar surface area (TPSA) is 43.4 Å². The monoisotopic (exact) mass is 98.1 g/mol. The molecule has 0 aromatic rings. The first-order chi connectivity index (χ1) is 3.29. The van der Waals surface area contributed by atoms with Crippen LogP contribution in [-0.2, 0) is 0 Å². The smallest absolute Gasteiger partial charge is 0.0222 e. The van der Waals surface area contributed by atoms with Gasteiger partial charge in [0.2, 0.25) is 0 Å². The van der Waals surface area contributed by atoms with E-state index < -0.39 is 0 Å². The van der Waals surface area contributed by atoms with E-state index in [0.29, 0.717) is 0 Å². The van der Waals surface area contributed by atoms with E-state index >= 15 is 0 Å². The van der Waals surface area contributed by atoms with Gasteiger partial charge in [-0.1, -0.05) is 0 Å². The summed E-state index contributed by atoms with van der Waals surface area (Å²) in [5.41, 5.74) is 10.0. The van der Waals surface area contributed by atoms with E-state index in [0.717, 1.165) is 12.2 Å². The maximum atomic E-state index is 5.35.